The van der Waals surface area contributed by atoms with Gasteiger partial charge in [0, 0.05) is 31.6 Å². The molecule has 1 amide bonds. The average Bonchev–Trinajstić information content (AvgIpc) is 3.30. The van der Waals surface area contributed by atoms with Gasteiger partial charge in [0.25, 0.3) is 0 Å². The fraction of sp³-hybridized carbons (Fsp3) is 0.667. The standard InChI is InChI=1S/C24H38N4O4.HI/c1-3-25-24(26-16-18-9-10-21(32-14-13-29)22(15-18)31-2)27-20-11-12-28(17-20)23(30)19-7-5-4-6-8-19;/h9-10,15,19-20,29H,3-8,11-14,16-17H2,1-2H3,(H2,25,26,27);1H. The lowest BCUT2D eigenvalue weighted by Crippen LogP contribution is -2.45. The van der Waals surface area contributed by atoms with Gasteiger partial charge in [-0.05, 0) is 43.9 Å². The average molecular weight is 575 g/mol. The molecule has 1 aromatic carbocycles. The van der Waals surface area contributed by atoms with Crippen LogP contribution in [0.25, 0.3) is 0 Å². The van der Waals surface area contributed by atoms with E-state index in [2.05, 4.69) is 10.6 Å². The van der Waals surface area contributed by atoms with E-state index < -0.39 is 0 Å². The van der Waals surface area contributed by atoms with Crippen LogP contribution < -0.4 is 20.1 Å². The number of amides is 1. The summed E-state index contributed by atoms with van der Waals surface area (Å²) in [7, 11) is 1.60. The number of nitrogens with zero attached hydrogens (tertiary/aromatic N) is 2. The van der Waals surface area contributed by atoms with Gasteiger partial charge in [0.15, 0.2) is 17.5 Å². The maximum atomic E-state index is 12.8. The Morgan fingerprint density at radius 1 is 1.21 bits per heavy atom. The first-order chi connectivity index (χ1) is 15.6. The number of aliphatic hydroxyl groups is 1. The van der Waals surface area contributed by atoms with Crippen LogP contribution in [0.15, 0.2) is 23.2 Å². The van der Waals surface area contributed by atoms with E-state index in [1.54, 1.807) is 7.11 Å². The zero-order valence-electron chi connectivity index (χ0n) is 19.8. The highest BCUT2D eigenvalue weighted by molar-refractivity contribution is 14.0. The molecule has 8 nitrogen and oxygen atoms in total. The Morgan fingerprint density at radius 2 is 2.00 bits per heavy atom. The summed E-state index contributed by atoms with van der Waals surface area (Å²) in [5.74, 6) is 2.55. The molecule has 33 heavy (non-hydrogen) atoms. The molecule has 3 rings (SSSR count). The van der Waals surface area contributed by atoms with Crippen LogP contribution in [0.2, 0.25) is 0 Å². The first-order valence-electron chi connectivity index (χ1n) is 11.9. The van der Waals surface area contributed by atoms with Gasteiger partial charge in [0.1, 0.15) is 6.61 Å². The van der Waals surface area contributed by atoms with Crippen molar-refractivity contribution < 1.29 is 19.4 Å². The van der Waals surface area contributed by atoms with Crippen LogP contribution in [-0.4, -0.2) is 67.9 Å². The number of aliphatic hydroxyl groups excluding tert-OH is 1. The van der Waals surface area contributed by atoms with Gasteiger partial charge in [-0.3, -0.25) is 4.79 Å². The van der Waals surface area contributed by atoms with Gasteiger partial charge in [-0.2, -0.15) is 0 Å². The number of ether oxygens (including phenoxy) is 2. The Bertz CT molecular complexity index is 771. The van der Waals surface area contributed by atoms with E-state index in [1.807, 2.05) is 30.0 Å². The van der Waals surface area contributed by atoms with Crippen molar-refractivity contribution in [3.8, 4) is 11.5 Å². The zero-order chi connectivity index (χ0) is 22.8. The summed E-state index contributed by atoms with van der Waals surface area (Å²) < 4.78 is 10.9. The minimum Gasteiger partial charge on any atom is -0.493 e. The topological polar surface area (TPSA) is 95.4 Å². The number of aliphatic imine (C=N–C) groups is 1. The van der Waals surface area contributed by atoms with Crippen molar-refractivity contribution in [1.29, 1.82) is 0 Å². The molecule has 1 aliphatic carbocycles. The molecular formula is C24H39IN4O4. The fourth-order valence-corrected chi connectivity index (χ4v) is 4.45. The van der Waals surface area contributed by atoms with Crippen LogP contribution in [0.4, 0.5) is 0 Å². The van der Waals surface area contributed by atoms with E-state index in [0.29, 0.717) is 24.0 Å². The van der Waals surface area contributed by atoms with Crippen LogP contribution in [-0.2, 0) is 11.3 Å². The van der Waals surface area contributed by atoms with Crippen LogP contribution in [0.5, 0.6) is 11.5 Å². The second kappa shape index (κ2) is 14.5. The first kappa shape index (κ1) is 27.5. The Labute approximate surface area is 214 Å². The number of carbonyl (C=O) groups is 1. The third-order valence-electron chi connectivity index (χ3n) is 6.14. The fourth-order valence-electron chi connectivity index (χ4n) is 4.45. The molecule has 9 heteroatoms. The second-order valence-electron chi connectivity index (χ2n) is 8.50. The molecule has 1 aromatic rings. The molecule has 1 saturated heterocycles. The number of methoxy groups -OCH3 is 1. The number of hydrogen-bond donors (Lipinski definition) is 3. The number of rotatable bonds is 9. The van der Waals surface area contributed by atoms with Gasteiger partial charge in [0.2, 0.25) is 5.91 Å². The summed E-state index contributed by atoms with van der Waals surface area (Å²) >= 11 is 0. The molecule has 1 unspecified atom stereocenters. The molecule has 186 valence electrons. The highest BCUT2D eigenvalue weighted by atomic mass is 127. The van der Waals surface area contributed by atoms with E-state index in [0.717, 1.165) is 50.4 Å². The molecule has 3 N–H and O–H groups in total. The van der Waals surface area contributed by atoms with Crippen LogP contribution in [0.3, 0.4) is 0 Å². The Hall–Kier alpha value is -1.75. The normalized spacial score (nSPS) is 19.1. The van der Waals surface area contributed by atoms with Gasteiger partial charge in [0.05, 0.1) is 20.3 Å². The molecule has 0 radical (unpaired) electrons. The third-order valence-corrected chi connectivity index (χ3v) is 6.14. The minimum absolute atomic E-state index is 0. The SMILES string of the molecule is CCNC(=NCc1ccc(OCCO)c(OC)c1)NC1CCN(C(=O)C2CCCCC2)C1.I. The molecule has 1 aliphatic heterocycles. The number of benzene rings is 1. The molecule has 1 heterocycles. The summed E-state index contributed by atoms with van der Waals surface area (Å²) in [6, 6.07) is 5.90. The van der Waals surface area contributed by atoms with Crippen LogP contribution in [0, 0.1) is 5.92 Å². The minimum atomic E-state index is -0.0439. The summed E-state index contributed by atoms with van der Waals surface area (Å²) in [4.78, 5) is 19.6. The van der Waals surface area contributed by atoms with E-state index >= 15 is 0 Å². The van der Waals surface area contributed by atoms with Crippen molar-refractivity contribution in [2.45, 2.75) is 58.0 Å². The van der Waals surface area contributed by atoms with Crippen molar-refractivity contribution >= 4 is 35.8 Å². The molecular weight excluding hydrogens is 535 g/mol. The largest absolute Gasteiger partial charge is 0.493 e. The number of halogens is 1. The quantitative estimate of drug-likeness (QED) is 0.239. The maximum absolute atomic E-state index is 12.8. The van der Waals surface area contributed by atoms with E-state index in [1.165, 1.54) is 19.3 Å². The molecule has 0 spiro atoms. The van der Waals surface area contributed by atoms with E-state index in [9.17, 15) is 4.79 Å². The van der Waals surface area contributed by atoms with Crippen molar-refractivity contribution in [1.82, 2.24) is 15.5 Å². The zero-order valence-corrected chi connectivity index (χ0v) is 22.2. The lowest BCUT2D eigenvalue weighted by molar-refractivity contribution is -0.135. The second-order valence-corrected chi connectivity index (χ2v) is 8.50. The smallest absolute Gasteiger partial charge is 0.225 e. The van der Waals surface area contributed by atoms with Crippen molar-refractivity contribution in [2.24, 2.45) is 10.9 Å². The maximum Gasteiger partial charge on any atom is 0.225 e. The van der Waals surface area contributed by atoms with Crippen molar-refractivity contribution in [3.05, 3.63) is 23.8 Å². The van der Waals surface area contributed by atoms with Gasteiger partial charge in [-0.1, -0.05) is 25.3 Å². The van der Waals surface area contributed by atoms with Crippen LogP contribution in [0.1, 0.15) is 51.0 Å². The lowest BCUT2D eigenvalue weighted by Gasteiger charge is -2.26. The van der Waals surface area contributed by atoms with Crippen LogP contribution >= 0.6 is 24.0 Å². The molecule has 2 aliphatic rings. The lowest BCUT2D eigenvalue weighted by atomic mass is 9.88. The van der Waals surface area contributed by atoms with Gasteiger partial charge in [-0.25, -0.2) is 4.99 Å². The van der Waals surface area contributed by atoms with Crippen molar-refractivity contribution in [3.63, 3.8) is 0 Å². The predicted molar refractivity (Wildman–Crippen MR) is 141 cm³/mol. The summed E-state index contributed by atoms with van der Waals surface area (Å²) in [6.07, 6.45) is 6.66. The van der Waals surface area contributed by atoms with E-state index in [-0.39, 0.29) is 49.2 Å². The molecule has 2 fully saturated rings. The predicted octanol–water partition coefficient (Wildman–Crippen LogP) is 2.92. The Morgan fingerprint density at radius 3 is 2.70 bits per heavy atom. The van der Waals surface area contributed by atoms with Gasteiger partial charge < -0.3 is 30.1 Å². The highest BCUT2D eigenvalue weighted by Gasteiger charge is 2.31. The number of nitrogens with one attached hydrogen (secondary N) is 2. The summed E-state index contributed by atoms with van der Waals surface area (Å²) in [5, 5.41) is 15.8. The number of guanidine groups is 1. The first-order valence-corrected chi connectivity index (χ1v) is 11.9. The molecule has 0 bridgehead atoms. The summed E-state index contributed by atoms with van der Waals surface area (Å²) in [6.45, 7) is 5.04. The molecule has 1 atom stereocenters. The van der Waals surface area contributed by atoms with Gasteiger partial charge in [-0.15, -0.1) is 24.0 Å². The summed E-state index contributed by atoms with van der Waals surface area (Å²) in [5.41, 5.74) is 0.996. The van der Waals surface area contributed by atoms with E-state index in [4.69, 9.17) is 19.6 Å². The molecule has 1 saturated carbocycles. The third kappa shape index (κ3) is 8.20. The molecule has 0 aromatic heterocycles. The highest BCUT2D eigenvalue weighted by Crippen LogP contribution is 2.28. The van der Waals surface area contributed by atoms with Crippen molar-refractivity contribution in [2.75, 3.05) is 40.0 Å². The van der Waals surface area contributed by atoms with Gasteiger partial charge >= 0.3 is 0 Å². The number of carbonyl (C=O) groups excluding carboxylic acids is 1. The number of likely N-dealkylation sites (tertiary alicyclic amines) is 1. The Balaban J connectivity index is 0.00000385. The Kier molecular flexibility index (Phi) is 12.1. The monoisotopic (exact) mass is 574 g/mol. The number of hydrogen-bond acceptors (Lipinski definition) is 5.